The van der Waals surface area contributed by atoms with Crippen molar-refractivity contribution in [3.8, 4) is 0 Å². The SMILES string of the molecule is CCCCCCCCCCCCCC(=O)N[C@H](CCC(N)=O)C(=O)O[C@H](CSC[C@H](N)C(=O)O)C(=O)N[C@H](C)C(=O)O. The Balaban J connectivity index is 4.97. The number of rotatable bonds is 26. The van der Waals surface area contributed by atoms with Crippen LogP contribution in [0.15, 0.2) is 0 Å². The predicted molar refractivity (Wildman–Crippen MR) is 159 cm³/mol. The standard InChI is InChI=1S/C28H50N4O9S/c1-3-4-5-6-7-8-9-10-11-12-13-14-24(34)32-21(15-16-23(30)33)28(40)41-22(18-42-17-20(29)27(38)39)25(35)31-19(2)26(36)37/h19-22H,3-18,29H2,1-2H3,(H2,30,33)(H,31,35)(H,32,34)(H,36,37)(H,38,39)/t19-,20+,21-,22-/m1/s1. The number of amides is 3. The molecule has 0 unspecified atom stereocenters. The van der Waals surface area contributed by atoms with E-state index in [1.807, 2.05) is 0 Å². The van der Waals surface area contributed by atoms with Crippen LogP contribution >= 0.6 is 11.8 Å². The maximum atomic E-state index is 13.0. The molecule has 0 heterocycles. The molecule has 3 amide bonds. The maximum absolute atomic E-state index is 13.0. The Labute approximate surface area is 252 Å². The number of carbonyl (C=O) groups excluding carboxylic acids is 4. The van der Waals surface area contributed by atoms with Crippen molar-refractivity contribution in [2.45, 2.75) is 128 Å². The van der Waals surface area contributed by atoms with Crippen molar-refractivity contribution in [3.63, 3.8) is 0 Å². The molecule has 8 N–H and O–H groups in total. The molecule has 14 heteroatoms. The number of hydrogen-bond acceptors (Lipinski definition) is 9. The molecule has 0 saturated carbocycles. The summed E-state index contributed by atoms with van der Waals surface area (Å²) in [6.45, 7) is 3.42. The third kappa shape index (κ3) is 20.1. The lowest BCUT2D eigenvalue weighted by Crippen LogP contribution is -2.49. The highest BCUT2D eigenvalue weighted by Gasteiger charge is 2.31. The molecular weight excluding hydrogens is 568 g/mol. The summed E-state index contributed by atoms with van der Waals surface area (Å²) >= 11 is 0.919. The molecule has 0 aromatic carbocycles. The molecule has 0 aliphatic heterocycles. The summed E-state index contributed by atoms with van der Waals surface area (Å²) in [5.74, 6) is -5.94. The van der Waals surface area contributed by atoms with Crippen LogP contribution in [0.2, 0.25) is 0 Å². The van der Waals surface area contributed by atoms with Crippen LogP contribution in [-0.2, 0) is 33.5 Å². The van der Waals surface area contributed by atoms with E-state index in [0.29, 0.717) is 6.42 Å². The highest BCUT2D eigenvalue weighted by atomic mass is 32.2. The first-order valence-electron chi connectivity index (χ1n) is 14.8. The van der Waals surface area contributed by atoms with Crippen LogP contribution in [0.3, 0.4) is 0 Å². The largest absolute Gasteiger partial charge is 0.480 e. The average molecular weight is 619 g/mol. The van der Waals surface area contributed by atoms with Crippen LogP contribution in [-0.4, -0.2) is 81.6 Å². The van der Waals surface area contributed by atoms with Gasteiger partial charge in [-0.3, -0.25) is 24.0 Å². The van der Waals surface area contributed by atoms with Gasteiger partial charge in [0.1, 0.15) is 18.1 Å². The smallest absolute Gasteiger partial charge is 0.329 e. The molecule has 0 fully saturated rings. The quantitative estimate of drug-likeness (QED) is 0.0607. The van der Waals surface area contributed by atoms with Gasteiger partial charge in [0, 0.05) is 24.3 Å². The van der Waals surface area contributed by atoms with Crippen molar-refractivity contribution < 1.29 is 43.7 Å². The molecule has 4 atom stereocenters. The Morgan fingerprint density at radius 2 is 1.33 bits per heavy atom. The van der Waals surface area contributed by atoms with Crippen LogP contribution < -0.4 is 22.1 Å². The number of primary amides is 1. The summed E-state index contributed by atoms with van der Waals surface area (Å²) in [6, 6.07) is -3.79. The summed E-state index contributed by atoms with van der Waals surface area (Å²) < 4.78 is 5.32. The van der Waals surface area contributed by atoms with Gasteiger partial charge in [0.05, 0.1) is 0 Å². The van der Waals surface area contributed by atoms with E-state index in [-0.39, 0.29) is 30.8 Å². The van der Waals surface area contributed by atoms with Gasteiger partial charge in [0.25, 0.3) is 5.91 Å². The van der Waals surface area contributed by atoms with Gasteiger partial charge in [0.2, 0.25) is 11.8 Å². The topological polar surface area (TPSA) is 228 Å². The third-order valence-electron chi connectivity index (χ3n) is 6.47. The molecule has 0 aliphatic rings. The van der Waals surface area contributed by atoms with E-state index in [1.54, 1.807) is 0 Å². The molecule has 0 bridgehead atoms. The molecule has 13 nitrogen and oxygen atoms in total. The van der Waals surface area contributed by atoms with Crippen LogP contribution in [0.5, 0.6) is 0 Å². The van der Waals surface area contributed by atoms with E-state index in [4.69, 9.17) is 26.4 Å². The highest BCUT2D eigenvalue weighted by molar-refractivity contribution is 7.99. The zero-order chi connectivity index (χ0) is 31.9. The summed E-state index contributed by atoms with van der Waals surface area (Å²) in [5, 5.41) is 22.8. The Kier molecular flexibility index (Phi) is 22.0. The van der Waals surface area contributed by atoms with E-state index in [1.165, 1.54) is 51.9 Å². The van der Waals surface area contributed by atoms with Gasteiger partial charge in [0.15, 0.2) is 6.10 Å². The van der Waals surface area contributed by atoms with E-state index < -0.39 is 59.9 Å². The normalized spacial score (nSPS) is 13.8. The number of esters is 1. The third-order valence-corrected chi connectivity index (χ3v) is 7.60. The number of hydrogen-bond donors (Lipinski definition) is 6. The van der Waals surface area contributed by atoms with Crippen molar-refractivity contribution in [1.82, 2.24) is 10.6 Å². The van der Waals surface area contributed by atoms with Gasteiger partial charge in [-0.15, -0.1) is 0 Å². The van der Waals surface area contributed by atoms with Gasteiger partial charge in [-0.1, -0.05) is 71.1 Å². The maximum Gasteiger partial charge on any atom is 0.329 e. The minimum absolute atomic E-state index is 0.105. The monoisotopic (exact) mass is 618 g/mol. The van der Waals surface area contributed by atoms with Crippen molar-refractivity contribution in [1.29, 1.82) is 0 Å². The molecule has 0 spiro atoms. The molecule has 42 heavy (non-hydrogen) atoms. The fourth-order valence-corrected chi connectivity index (χ4v) is 4.84. The van der Waals surface area contributed by atoms with Gasteiger partial charge in [-0.2, -0.15) is 11.8 Å². The van der Waals surface area contributed by atoms with E-state index in [0.717, 1.165) is 31.0 Å². The number of aliphatic carboxylic acids is 2. The Morgan fingerprint density at radius 3 is 1.83 bits per heavy atom. The number of nitrogens with two attached hydrogens (primary N) is 2. The average Bonchev–Trinajstić information content (AvgIpc) is 2.92. The lowest BCUT2D eigenvalue weighted by atomic mass is 10.0. The number of ether oxygens (including phenoxy) is 1. The predicted octanol–water partition coefficient (Wildman–Crippen LogP) is 2.08. The minimum Gasteiger partial charge on any atom is -0.480 e. The molecule has 0 saturated heterocycles. The molecule has 242 valence electrons. The molecule has 0 aliphatic carbocycles. The lowest BCUT2D eigenvalue weighted by Gasteiger charge is -2.23. The molecule has 0 aromatic rings. The fraction of sp³-hybridized carbons (Fsp3) is 0.786. The van der Waals surface area contributed by atoms with Crippen molar-refractivity contribution in [2.24, 2.45) is 11.5 Å². The Morgan fingerprint density at radius 1 is 0.786 bits per heavy atom. The summed E-state index contributed by atoms with van der Waals surface area (Å²) in [7, 11) is 0. The number of unbranched alkanes of at least 4 members (excludes halogenated alkanes) is 10. The fourth-order valence-electron chi connectivity index (χ4n) is 3.88. The second-order valence-corrected chi connectivity index (χ2v) is 11.5. The number of thioether (sulfide) groups is 1. The zero-order valence-electron chi connectivity index (χ0n) is 24.9. The Hall–Kier alpha value is -2.87. The molecule has 0 radical (unpaired) electrons. The van der Waals surface area contributed by atoms with E-state index in [2.05, 4.69) is 17.6 Å². The molecular formula is C28H50N4O9S. The second kappa shape index (κ2) is 23.7. The van der Waals surface area contributed by atoms with Crippen molar-refractivity contribution in [3.05, 3.63) is 0 Å². The lowest BCUT2D eigenvalue weighted by molar-refractivity contribution is -0.158. The summed E-state index contributed by atoms with van der Waals surface area (Å²) in [6.07, 6.45) is 10.6. The first-order valence-corrected chi connectivity index (χ1v) is 15.9. The van der Waals surface area contributed by atoms with Crippen LogP contribution in [0, 0.1) is 0 Å². The van der Waals surface area contributed by atoms with Crippen LogP contribution in [0.25, 0.3) is 0 Å². The Bertz CT molecular complexity index is 859. The van der Waals surface area contributed by atoms with Gasteiger partial charge in [-0.25, -0.2) is 4.79 Å². The number of nitrogens with one attached hydrogen (secondary N) is 2. The number of carbonyl (C=O) groups is 6. The van der Waals surface area contributed by atoms with Crippen LogP contribution in [0.1, 0.15) is 104 Å². The summed E-state index contributed by atoms with van der Waals surface area (Å²) in [4.78, 5) is 71.7. The highest BCUT2D eigenvalue weighted by Crippen LogP contribution is 2.13. The van der Waals surface area contributed by atoms with Gasteiger partial charge in [-0.05, 0) is 19.8 Å². The zero-order valence-corrected chi connectivity index (χ0v) is 25.8. The first-order chi connectivity index (χ1) is 19.9. The molecule has 0 rings (SSSR count). The number of carboxylic acid groups (broad SMARTS) is 2. The molecule has 0 aromatic heterocycles. The van der Waals surface area contributed by atoms with Crippen molar-refractivity contribution >= 4 is 47.4 Å². The van der Waals surface area contributed by atoms with Gasteiger partial charge < -0.3 is 37.1 Å². The van der Waals surface area contributed by atoms with Crippen molar-refractivity contribution in [2.75, 3.05) is 11.5 Å². The summed E-state index contributed by atoms with van der Waals surface area (Å²) in [5.41, 5.74) is 10.7. The van der Waals surface area contributed by atoms with E-state index in [9.17, 15) is 28.8 Å². The second-order valence-electron chi connectivity index (χ2n) is 10.4. The van der Waals surface area contributed by atoms with Gasteiger partial charge >= 0.3 is 17.9 Å². The minimum atomic E-state index is -1.51. The first kappa shape index (κ1) is 39.1. The van der Waals surface area contributed by atoms with E-state index >= 15 is 0 Å². The number of carboxylic acids is 2. The van der Waals surface area contributed by atoms with Crippen LogP contribution in [0.4, 0.5) is 0 Å².